The number of rotatable bonds is 4. The molecule has 0 radical (unpaired) electrons. The van der Waals surface area contributed by atoms with Crippen molar-refractivity contribution in [1.29, 1.82) is 0 Å². The summed E-state index contributed by atoms with van der Waals surface area (Å²) in [6.45, 7) is 0. The fraction of sp³-hybridized carbons (Fsp3) is 0.571. The van der Waals surface area contributed by atoms with Gasteiger partial charge < -0.3 is 10.8 Å². The second-order valence-electron chi connectivity index (χ2n) is 5.76. The summed E-state index contributed by atoms with van der Waals surface area (Å²) in [6.07, 6.45) is 6.04. The van der Waals surface area contributed by atoms with Gasteiger partial charge in [-0.3, -0.25) is 0 Å². The van der Waals surface area contributed by atoms with E-state index in [4.69, 9.17) is 5.73 Å². The minimum absolute atomic E-state index is 0.0935. The Hall–Kier alpha value is -0.860. The Morgan fingerprint density at radius 3 is 1.88 bits per heavy atom. The first kappa shape index (κ1) is 10.3. The SMILES string of the molecule is NC1(Cc2ccc(CC3(O)CC3)cc2)CC1. The summed E-state index contributed by atoms with van der Waals surface area (Å²) in [7, 11) is 0. The maximum atomic E-state index is 9.83. The van der Waals surface area contributed by atoms with E-state index in [-0.39, 0.29) is 11.1 Å². The van der Waals surface area contributed by atoms with Gasteiger partial charge in [-0.25, -0.2) is 0 Å². The van der Waals surface area contributed by atoms with Crippen molar-refractivity contribution in [3.8, 4) is 0 Å². The monoisotopic (exact) mass is 217 g/mol. The Kier molecular flexibility index (Phi) is 2.13. The third-order valence-corrected chi connectivity index (χ3v) is 3.83. The smallest absolute Gasteiger partial charge is 0.0690 e. The molecule has 1 aromatic carbocycles. The zero-order chi connectivity index (χ0) is 11.2. The van der Waals surface area contributed by atoms with E-state index in [2.05, 4.69) is 24.3 Å². The fourth-order valence-corrected chi connectivity index (χ4v) is 2.22. The van der Waals surface area contributed by atoms with Gasteiger partial charge in [-0.2, -0.15) is 0 Å². The fourth-order valence-electron chi connectivity index (χ4n) is 2.22. The van der Waals surface area contributed by atoms with Crippen molar-refractivity contribution in [1.82, 2.24) is 0 Å². The first-order valence-electron chi connectivity index (χ1n) is 6.16. The van der Waals surface area contributed by atoms with Crippen LogP contribution < -0.4 is 5.73 Å². The summed E-state index contributed by atoms with van der Waals surface area (Å²) >= 11 is 0. The lowest BCUT2D eigenvalue weighted by Gasteiger charge is -2.10. The van der Waals surface area contributed by atoms with Crippen molar-refractivity contribution in [3.05, 3.63) is 35.4 Å². The number of hydrogen-bond donors (Lipinski definition) is 2. The molecular weight excluding hydrogens is 198 g/mol. The van der Waals surface area contributed by atoms with Gasteiger partial charge in [-0.1, -0.05) is 24.3 Å². The van der Waals surface area contributed by atoms with Crippen LogP contribution in [0.5, 0.6) is 0 Å². The molecule has 0 unspecified atom stereocenters. The Bertz CT molecular complexity index is 349. The van der Waals surface area contributed by atoms with Gasteiger partial charge in [0, 0.05) is 12.0 Å². The molecule has 86 valence electrons. The van der Waals surface area contributed by atoms with E-state index in [0.717, 1.165) is 38.5 Å². The van der Waals surface area contributed by atoms with Gasteiger partial charge in [0.05, 0.1) is 5.60 Å². The van der Waals surface area contributed by atoms with Crippen LogP contribution in [0.3, 0.4) is 0 Å². The van der Waals surface area contributed by atoms with E-state index < -0.39 is 0 Å². The van der Waals surface area contributed by atoms with Gasteiger partial charge in [0.1, 0.15) is 0 Å². The summed E-state index contributed by atoms with van der Waals surface area (Å²) in [4.78, 5) is 0. The Morgan fingerprint density at radius 1 is 0.938 bits per heavy atom. The van der Waals surface area contributed by atoms with Crippen molar-refractivity contribution < 1.29 is 5.11 Å². The molecule has 2 nitrogen and oxygen atoms in total. The average molecular weight is 217 g/mol. The van der Waals surface area contributed by atoms with Crippen LogP contribution in [0.4, 0.5) is 0 Å². The van der Waals surface area contributed by atoms with Crippen LogP contribution in [0.25, 0.3) is 0 Å². The summed E-state index contributed by atoms with van der Waals surface area (Å²) in [5, 5.41) is 9.83. The van der Waals surface area contributed by atoms with Crippen LogP contribution in [0.2, 0.25) is 0 Å². The quantitative estimate of drug-likeness (QED) is 0.807. The molecule has 0 bridgehead atoms. The normalized spacial score (nSPS) is 24.1. The second kappa shape index (κ2) is 3.31. The molecule has 0 amide bonds. The molecule has 1 aromatic rings. The Balaban J connectivity index is 1.65. The first-order valence-corrected chi connectivity index (χ1v) is 6.16. The lowest BCUT2D eigenvalue weighted by Crippen LogP contribution is -2.24. The lowest BCUT2D eigenvalue weighted by atomic mass is 10.0. The summed E-state index contributed by atoms with van der Waals surface area (Å²) in [5.41, 5.74) is 8.37. The van der Waals surface area contributed by atoms with Crippen LogP contribution in [-0.2, 0) is 12.8 Å². The van der Waals surface area contributed by atoms with Gasteiger partial charge in [0.25, 0.3) is 0 Å². The van der Waals surface area contributed by atoms with E-state index in [1.165, 1.54) is 11.1 Å². The predicted octanol–water partition coefficient (Wildman–Crippen LogP) is 1.79. The molecule has 16 heavy (non-hydrogen) atoms. The molecule has 3 N–H and O–H groups in total. The summed E-state index contributed by atoms with van der Waals surface area (Å²) < 4.78 is 0. The molecule has 0 heterocycles. The van der Waals surface area contributed by atoms with Crippen molar-refractivity contribution in [2.24, 2.45) is 5.73 Å². The molecule has 0 spiro atoms. The van der Waals surface area contributed by atoms with E-state index in [0.29, 0.717) is 0 Å². The van der Waals surface area contributed by atoms with E-state index in [9.17, 15) is 5.11 Å². The summed E-state index contributed by atoms with van der Waals surface area (Å²) in [6, 6.07) is 8.59. The first-order chi connectivity index (χ1) is 7.57. The molecule has 0 aromatic heterocycles. The zero-order valence-electron chi connectivity index (χ0n) is 9.58. The highest BCUT2D eigenvalue weighted by molar-refractivity contribution is 5.27. The molecule has 0 saturated heterocycles. The Morgan fingerprint density at radius 2 is 1.44 bits per heavy atom. The van der Waals surface area contributed by atoms with Crippen molar-refractivity contribution in [3.63, 3.8) is 0 Å². The molecule has 2 fully saturated rings. The maximum absolute atomic E-state index is 9.83. The number of nitrogens with two attached hydrogens (primary N) is 1. The van der Waals surface area contributed by atoms with Crippen LogP contribution in [0.15, 0.2) is 24.3 Å². The van der Waals surface area contributed by atoms with Gasteiger partial charge in [0.2, 0.25) is 0 Å². The molecule has 2 aliphatic rings. The highest BCUT2D eigenvalue weighted by Crippen LogP contribution is 2.38. The third-order valence-electron chi connectivity index (χ3n) is 3.83. The molecule has 2 heteroatoms. The van der Waals surface area contributed by atoms with E-state index in [1.54, 1.807) is 0 Å². The van der Waals surface area contributed by atoms with E-state index >= 15 is 0 Å². The van der Waals surface area contributed by atoms with Crippen LogP contribution >= 0.6 is 0 Å². The molecule has 0 atom stereocenters. The minimum Gasteiger partial charge on any atom is -0.390 e. The maximum Gasteiger partial charge on any atom is 0.0690 e. The second-order valence-corrected chi connectivity index (χ2v) is 5.76. The average Bonchev–Trinajstić information content (AvgIpc) is 3.13. The topological polar surface area (TPSA) is 46.2 Å². The van der Waals surface area contributed by atoms with Crippen LogP contribution in [-0.4, -0.2) is 16.2 Å². The molecular formula is C14H19NO. The largest absolute Gasteiger partial charge is 0.390 e. The summed E-state index contributed by atoms with van der Waals surface area (Å²) in [5.74, 6) is 0. The number of aliphatic hydroxyl groups is 1. The van der Waals surface area contributed by atoms with Gasteiger partial charge in [-0.15, -0.1) is 0 Å². The predicted molar refractivity (Wildman–Crippen MR) is 64.2 cm³/mol. The lowest BCUT2D eigenvalue weighted by molar-refractivity contribution is 0.151. The van der Waals surface area contributed by atoms with E-state index in [1.807, 2.05) is 0 Å². The molecule has 2 aliphatic carbocycles. The Labute approximate surface area is 96.5 Å². The third kappa shape index (κ3) is 2.28. The van der Waals surface area contributed by atoms with Crippen molar-refractivity contribution in [2.45, 2.75) is 49.7 Å². The van der Waals surface area contributed by atoms with Gasteiger partial charge in [0.15, 0.2) is 0 Å². The zero-order valence-corrected chi connectivity index (χ0v) is 9.58. The van der Waals surface area contributed by atoms with Crippen molar-refractivity contribution >= 4 is 0 Å². The molecule has 3 rings (SSSR count). The standard InChI is InChI=1S/C14H19NO/c15-13(5-6-13)9-11-1-3-12(4-2-11)10-14(16)7-8-14/h1-4,16H,5-10,15H2. The number of benzene rings is 1. The van der Waals surface area contributed by atoms with Crippen molar-refractivity contribution in [2.75, 3.05) is 0 Å². The van der Waals surface area contributed by atoms with Gasteiger partial charge >= 0.3 is 0 Å². The van der Waals surface area contributed by atoms with Crippen LogP contribution in [0.1, 0.15) is 36.8 Å². The molecule has 2 saturated carbocycles. The highest BCUT2D eigenvalue weighted by atomic mass is 16.3. The molecule has 0 aliphatic heterocycles. The highest BCUT2D eigenvalue weighted by Gasteiger charge is 2.40. The number of hydrogen-bond acceptors (Lipinski definition) is 2. The van der Waals surface area contributed by atoms with Gasteiger partial charge in [-0.05, 0) is 43.2 Å². The minimum atomic E-state index is -0.382. The van der Waals surface area contributed by atoms with Crippen LogP contribution in [0, 0.1) is 0 Å².